The van der Waals surface area contributed by atoms with Crippen molar-refractivity contribution in [1.29, 1.82) is 0 Å². The van der Waals surface area contributed by atoms with Crippen molar-refractivity contribution < 1.29 is 32.2 Å². The van der Waals surface area contributed by atoms with Crippen LogP contribution in [0.25, 0.3) is 11.0 Å². The second-order valence-electron chi connectivity index (χ2n) is 4.60. The van der Waals surface area contributed by atoms with Crippen LogP contribution in [0.5, 0.6) is 11.5 Å². The van der Waals surface area contributed by atoms with E-state index >= 15 is 0 Å². The summed E-state index contributed by atoms with van der Waals surface area (Å²) in [5.74, 6) is 0.0541. The number of benzene rings is 1. The maximum atomic E-state index is 13.0. The average Bonchev–Trinajstić information content (AvgIpc) is 2.78. The fraction of sp³-hybridized carbons (Fsp3) is 0.308. The molecule has 1 N–H and O–H groups in total. The molecule has 0 saturated heterocycles. The highest BCUT2D eigenvalue weighted by molar-refractivity contribution is 5.86. The zero-order valence-electron chi connectivity index (χ0n) is 10.7. The van der Waals surface area contributed by atoms with Gasteiger partial charge in [0.1, 0.15) is 29.3 Å². The van der Waals surface area contributed by atoms with Crippen LogP contribution in [0.4, 0.5) is 13.2 Å². The Bertz CT molecular complexity index is 780. The summed E-state index contributed by atoms with van der Waals surface area (Å²) in [4.78, 5) is 11.8. The van der Waals surface area contributed by atoms with Crippen LogP contribution in [0.3, 0.4) is 0 Å². The predicted octanol–water partition coefficient (Wildman–Crippen LogP) is 1.94. The van der Waals surface area contributed by atoms with Gasteiger partial charge in [-0.15, -0.1) is 0 Å². The minimum atomic E-state index is -5.05. The SMILES string of the molecule is COc1ccc2c3c(c(=O)oc2c1)C(O)(C(F)(F)F)CO3. The summed E-state index contributed by atoms with van der Waals surface area (Å²) in [5, 5.41) is 9.94. The van der Waals surface area contributed by atoms with E-state index in [0.717, 1.165) is 0 Å². The van der Waals surface area contributed by atoms with Gasteiger partial charge >= 0.3 is 11.8 Å². The van der Waals surface area contributed by atoms with E-state index in [0.29, 0.717) is 5.75 Å². The summed E-state index contributed by atoms with van der Waals surface area (Å²) in [6.07, 6.45) is -5.05. The van der Waals surface area contributed by atoms with Gasteiger partial charge in [0.05, 0.1) is 12.5 Å². The monoisotopic (exact) mass is 302 g/mol. The van der Waals surface area contributed by atoms with E-state index in [1.54, 1.807) is 0 Å². The molecule has 0 bridgehead atoms. The van der Waals surface area contributed by atoms with Crippen LogP contribution in [0, 0.1) is 0 Å². The zero-order valence-corrected chi connectivity index (χ0v) is 10.7. The first kappa shape index (κ1) is 13.7. The quantitative estimate of drug-likeness (QED) is 0.815. The fourth-order valence-corrected chi connectivity index (χ4v) is 2.26. The van der Waals surface area contributed by atoms with Crippen molar-refractivity contribution in [3.63, 3.8) is 0 Å². The lowest BCUT2D eigenvalue weighted by atomic mass is 9.96. The van der Waals surface area contributed by atoms with E-state index in [-0.39, 0.29) is 16.7 Å². The van der Waals surface area contributed by atoms with Gasteiger partial charge in [-0.25, -0.2) is 4.79 Å². The molecule has 0 radical (unpaired) electrons. The van der Waals surface area contributed by atoms with E-state index in [1.807, 2.05) is 0 Å². The summed E-state index contributed by atoms with van der Waals surface area (Å²) >= 11 is 0. The van der Waals surface area contributed by atoms with Gasteiger partial charge < -0.3 is 19.0 Å². The lowest BCUT2D eigenvalue weighted by Gasteiger charge is -2.23. The highest BCUT2D eigenvalue weighted by atomic mass is 19.4. The highest BCUT2D eigenvalue weighted by Gasteiger charge is 2.62. The van der Waals surface area contributed by atoms with Crippen molar-refractivity contribution in [3.8, 4) is 11.5 Å². The van der Waals surface area contributed by atoms with Gasteiger partial charge in [0, 0.05) is 6.07 Å². The number of methoxy groups -OCH3 is 1. The van der Waals surface area contributed by atoms with Crippen molar-refractivity contribution in [1.82, 2.24) is 0 Å². The molecule has 0 fully saturated rings. The largest absolute Gasteiger partial charge is 0.497 e. The Labute approximate surface area is 115 Å². The Morgan fingerprint density at radius 2 is 2.10 bits per heavy atom. The predicted molar refractivity (Wildman–Crippen MR) is 64.5 cm³/mol. The second kappa shape index (κ2) is 4.14. The molecule has 0 saturated carbocycles. The van der Waals surface area contributed by atoms with Crippen LogP contribution < -0.4 is 15.1 Å². The van der Waals surface area contributed by atoms with Gasteiger partial charge in [0.15, 0.2) is 0 Å². The van der Waals surface area contributed by atoms with E-state index in [2.05, 4.69) is 0 Å². The Hall–Kier alpha value is -2.22. The van der Waals surface area contributed by atoms with E-state index in [1.165, 1.54) is 25.3 Å². The molecule has 1 aliphatic rings. The average molecular weight is 302 g/mol. The molecule has 1 atom stereocenters. The third-order valence-electron chi connectivity index (χ3n) is 3.38. The summed E-state index contributed by atoms with van der Waals surface area (Å²) in [6.45, 7) is -1.08. The molecule has 1 aromatic carbocycles. The first-order chi connectivity index (χ1) is 9.78. The molecule has 1 aliphatic heterocycles. The number of ether oxygens (including phenoxy) is 2. The molecule has 8 heteroatoms. The van der Waals surface area contributed by atoms with Crippen LogP contribution in [0.15, 0.2) is 27.4 Å². The lowest BCUT2D eigenvalue weighted by molar-refractivity contribution is -0.268. The molecular formula is C13H9F3O5. The third kappa shape index (κ3) is 1.79. The van der Waals surface area contributed by atoms with Crippen molar-refractivity contribution in [2.75, 3.05) is 13.7 Å². The molecule has 3 rings (SSSR count). The summed E-state index contributed by atoms with van der Waals surface area (Å²) < 4.78 is 53.7. The van der Waals surface area contributed by atoms with Crippen molar-refractivity contribution in [2.45, 2.75) is 11.8 Å². The number of fused-ring (bicyclic) bond motifs is 3. The highest BCUT2D eigenvalue weighted by Crippen LogP contribution is 2.48. The standard InChI is InChI=1S/C13H9F3O5/c1-19-6-2-3-7-8(4-6)21-11(17)9-10(7)20-5-12(9,18)13(14,15)16/h2-4,18H,5H2,1H3. The van der Waals surface area contributed by atoms with E-state index < -0.39 is 29.6 Å². The molecule has 0 spiro atoms. The van der Waals surface area contributed by atoms with Gasteiger partial charge in [-0.2, -0.15) is 13.2 Å². The number of rotatable bonds is 1. The number of alkyl halides is 3. The number of halogens is 3. The number of hydrogen-bond donors (Lipinski definition) is 1. The Balaban J connectivity index is 2.33. The van der Waals surface area contributed by atoms with E-state index in [4.69, 9.17) is 13.9 Å². The van der Waals surface area contributed by atoms with Gasteiger partial charge in [0.2, 0.25) is 5.60 Å². The molecule has 1 unspecified atom stereocenters. The number of hydrogen-bond acceptors (Lipinski definition) is 5. The molecule has 21 heavy (non-hydrogen) atoms. The van der Waals surface area contributed by atoms with Crippen LogP contribution in [0.1, 0.15) is 5.56 Å². The zero-order chi connectivity index (χ0) is 15.4. The van der Waals surface area contributed by atoms with Crippen LogP contribution in [0.2, 0.25) is 0 Å². The maximum Gasteiger partial charge on any atom is 0.425 e. The van der Waals surface area contributed by atoms with Gasteiger partial charge in [0.25, 0.3) is 0 Å². The fourth-order valence-electron chi connectivity index (χ4n) is 2.26. The van der Waals surface area contributed by atoms with Crippen molar-refractivity contribution in [2.24, 2.45) is 0 Å². The topological polar surface area (TPSA) is 68.9 Å². The normalized spacial score (nSPS) is 21.2. The molecule has 5 nitrogen and oxygen atoms in total. The summed E-state index contributed by atoms with van der Waals surface area (Å²) in [6, 6.07) is 4.24. The molecule has 0 aliphatic carbocycles. The first-order valence-electron chi connectivity index (χ1n) is 5.85. The summed E-state index contributed by atoms with van der Waals surface area (Å²) in [7, 11) is 1.39. The molecule has 2 heterocycles. The second-order valence-corrected chi connectivity index (χ2v) is 4.60. The minimum Gasteiger partial charge on any atom is -0.497 e. The number of aliphatic hydroxyl groups is 1. The van der Waals surface area contributed by atoms with Crippen LogP contribution in [-0.4, -0.2) is 25.0 Å². The van der Waals surface area contributed by atoms with Gasteiger partial charge in [-0.1, -0.05) is 0 Å². The Morgan fingerprint density at radius 3 is 2.71 bits per heavy atom. The maximum absolute atomic E-state index is 13.0. The van der Waals surface area contributed by atoms with Gasteiger partial charge in [-0.3, -0.25) is 0 Å². The lowest BCUT2D eigenvalue weighted by Crippen LogP contribution is -2.46. The minimum absolute atomic E-state index is 0.0181. The molecular weight excluding hydrogens is 293 g/mol. The third-order valence-corrected chi connectivity index (χ3v) is 3.38. The van der Waals surface area contributed by atoms with Crippen molar-refractivity contribution in [3.05, 3.63) is 34.2 Å². The molecule has 112 valence electrons. The van der Waals surface area contributed by atoms with Crippen LogP contribution >= 0.6 is 0 Å². The Kier molecular flexibility index (Phi) is 2.71. The molecule has 1 aromatic heterocycles. The smallest absolute Gasteiger partial charge is 0.425 e. The van der Waals surface area contributed by atoms with Crippen LogP contribution in [-0.2, 0) is 5.60 Å². The van der Waals surface area contributed by atoms with E-state index in [9.17, 15) is 23.1 Å². The summed E-state index contributed by atoms with van der Waals surface area (Å²) in [5.41, 5.74) is -5.56. The van der Waals surface area contributed by atoms with Crippen molar-refractivity contribution >= 4 is 11.0 Å². The Morgan fingerprint density at radius 1 is 1.38 bits per heavy atom. The van der Waals surface area contributed by atoms with Gasteiger partial charge in [-0.05, 0) is 12.1 Å². The first-order valence-corrected chi connectivity index (χ1v) is 5.85. The molecule has 2 aromatic rings. The molecule has 0 amide bonds.